The topological polar surface area (TPSA) is 88.1 Å². The highest BCUT2D eigenvalue weighted by Gasteiger charge is 2.12. The summed E-state index contributed by atoms with van der Waals surface area (Å²) in [4.78, 5) is 33.2. The first-order valence-electron chi connectivity index (χ1n) is 6.70. The van der Waals surface area contributed by atoms with E-state index in [1.54, 1.807) is 0 Å². The maximum atomic E-state index is 11.1. The lowest BCUT2D eigenvalue weighted by Gasteiger charge is -2.06. The Bertz CT molecular complexity index is 273. The Morgan fingerprint density at radius 3 is 1.45 bits per heavy atom. The molecule has 0 aliphatic carbocycles. The van der Waals surface area contributed by atoms with Gasteiger partial charge in [0.05, 0.1) is 13.2 Å². The van der Waals surface area contributed by atoms with Crippen LogP contribution < -0.4 is 0 Å². The maximum Gasteiger partial charge on any atom is 0.509 e. The molecule has 0 N–H and O–H groups in total. The third-order valence-corrected chi connectivity index (χ3v) is 2.14. The number of unbranched alkanes of at least 4 members (excludes halogenated alkanes) is 2. The van der Waals surface area contributed by atoms with E-state index in [1.807, 2.05) is 13.8 Å². The summed E-state index contributed by atoms with van der Waals surface area (Å²) in [6, 6.07) is 0. The molecule has 7 nitrogen and oxygen atoms in total. The van der Waals surface area contributed by atoms with Crippen LogP contribution in [-0.4, -0.2) is 44.5 Å². The Balaban J connectivity index is 3.57. The van der Waals surface area contributed by atoms with Crippen LogP contribution in [0.3, 0.4) is 0 Å². The monoisotopic (exact) mass is 290 g/mol. The van der Waals surface area contributed by atoms with Crippen LogP contribution in [0.5, 0.6) is 0 Å². The summed E-state index contributed by atoms with van der Waals surface area (Å²) in [5.41, 5.74) is 0. The summed E-state index contributed by atoms with van der Waals surface area (Å²) in [6.45, 7) is 3.43. The highest BCUT2D eigenvalue weighted by Crippen LogP contribution is 1.93. The Morgan fingerprint density at radius 2 is 1.10 bits per heavy atom. The molecule has 0 unspecified atom stereocenters. The zero-order valence-corrected chi connectivity index (χ0v) is 12.0. The molecule has 0 saturated carbocycles. The van der Waals surface area contributed by atoms with Crippen LogP contribution >= 0.6 is 0 Å². The Labute approximate surface area is 118 Å². The minimum absolute atomic E-state index is 0.289. The third-order valence-electron chi connectivity index (χ3n) is 2.14. The van der Waals surface area contributed by atoms with Crippen LogP contribution in [0.1, 0.15) is 39.5 Å². The van der Waals surface area contributed by atoms with Gasteiger partial charge in [0.25, 0.3) is 0 Å². The molecule has 0 fully saturated rings. The second-order valence-electron chi connectivity index (χ2n) is 3.98. The first-order valence-corrected chi connectivity index (χ1v) is 6.70. The summed E-state index contributed by atoms with van der Waals surface area (Å²) in [6.07, 6.45) is 2.19. The smallest absolute Gasteiger partial charge is 0.463 e. The fourth-order valence-corrected chi connectivity index (χ4v) is 1.02. The lowest BCUT2D eigenvalue weighted by atomic mass is 10.4. The number of esters is 2. The molecule has 0 radical (unpaired) electrons. The number of ether oxygens (including phenoxy) is 4. The van der Waals surface area contributed by atoms with E-state index in [0.29, 0.717) is 0 Å². The standard InChI is InChI=1S/C13H22O7/c1-3-5-7-17-11(14)9-19-13(16)20-10-12(15)18-8-6-4-2/h3-10H2,1-2H3. The van der Waals surface area contributed by atoms with Gasteiger partial charge in [-0.1, -0.05) is 26.7 Å². The van der Waals surface area contributed by atoms with Gasteiger partial charge in [0.2, 0.25) is 0 Å². The van der Waals surface area contributed by atoms with E-state index in [1.165, 1.54) is 0 Å². The predicted molar refractivity (Wildman–Crippen MR) is 69.0 cm³/mol. The molecule has 0 atom stereocenters. The van der Waals surface area contributed by atoms with Crippen molar-refractivity contribution >= 4 is 18.1 Å². The number of hydrogen-bond donors (Lipinski definition) is 0. The van der Waals surface area contributed by atoms with E-state index in [0.717, 1.165) is 25.7 Å². The summed E-state index contributed by atoms with van der Waals surface area (Å²) < 4.78 is 18.5. The SMILES string of the molecule is CCCCOC(=O)COC(=O)OCC(=O)OCCCC. The summed E-state index contributed by atoms with van der Waals surface area (Å²) >= 11 is 0. The highest BCUT2D eigenvalue weighted by atomic mass is 16.7. The molecule has 0 rings (SSSR count). The van der Waals surface area contributed by atoms with Crippen molar-refractivity contribution in [2.75, 3.05) is 26.4 Å². The Hall–Kier alpha value is -1.79. The van der Waals surface area contributed by atoms with Crippen molar-refractivity contribution in [2.24, 2.45) is 0 Å². The fraction of sp³-hybridized carbons (Fsp3) is 0.769. The molecule has 0 aromatic rings. The van der Waals surface area contributed by atoms with E-state index in [4.69, 9.17) is 9.47 Å². The van der Waals surface area contributed by atoms with Gasteiger partial charge in [-0.3, -0.25) is 0 Å². The number of hydrogen-bond acceptors (Lipinski definition) is 7. The van der Waals surface area contributed by atoms with E-state index in [9.17, 15) is 14.4 Å². The molecule has 7 heteroatoms. The fourth-order valence-electron chi connectivity index (χ4n) is 1.02. The van der Waals surface area contributed by atoms with Crippen LogP contribution in [-0.2, 0) is 28.5 Å². The van der Waals surface area contributed by atoms with Crippen molar-refractivity contribution in [3.05, 3.63) is 0 Å². The second kappa shape index (κ2) is 12.3. The van der Waals surface area contributed by atoms with Gasteiger partial charge in [-0.2, -0.15) is 0 Å². The first kappa shape index (κ1) is 18.2. The zero-order chi connectivity index (χ0) is 15.2. The van der Waals surface area contributed by atoms with Crippen LogP contribution in [0.25, 0.3) is 0 Å². The van der Waals surface area contributed by atoms with Crippen molar-refractivity contribution in [1.82, 2.24) is 0 Å². The molecule has 0 aromatic carbocycles. The number of carbonyl (C=O) groups excluding carboxylic acids is 3. The average molecular weight is 290 g/mol. The first-order chi connectivity index (χ1) is 9.60. The molecule has 0 bridgehead atoms. The molecule has 0 aliphatic heterocycles. The van der Waals surface area contributed by atoms with Gasteiger partial charge in [-0.05, 0) is 12.8 Å². The third kappa shape index (κ3) is 11.3. The second-order valence-corrected chi connectivity index (χ2v) is 3.98. The number of carbonyl (C=O) groups is 3. The van der Waals surface area contributed by atoms with E-state index in [2.05, 4.69) is 9.47 Å². The molecule has 20 heavy (non-hydrogen) atoms. The zero-order valence-electron chi connectivity index (χ0n) is 12.0. The van der Waals surface area contributed by atoms with Gasteiger partial charge in [-0.25, -0.2) is 14.4 Å². The molecule has 0 aliphatic rings. The molecule has 0 spiro atoms. The van der Waals surface area contributed by atoms with Crippen molar-refractivity contribution in [2.45, 2.75) is 39.5 Å². The minimum atomic E-state index is -1.11. The number of rotatable bonds is 10. The molecular weight excluding hydrogens is 268 g/mol. The van der Waals surface area contributed by atoms with Crippen molar-refractivity contribution < 1.29 is 33.3 Å². The van der Waals surface area contributed by atoms with Gasteiger partial charge in [-0.15, -0.1) is 0 Å². The quantitative estimate of drug-likeness (QED) is 0.344. The average Bonchev–Trinajstić information content (AvgIpc) is 2.43. The van der Waals surface area contributed by atoms with E-state index >= 15 is 0 Å². The van der Waals surface area contributed by atoms with Crippen molar-refractivity contribution in [1.29, 1.82) is 0 Å². The van der Waals surface area contributed by atoms with Crippen molar-refractivity contribution in [3.63, 3.8) is 0 Å². The van der Waals surface area contributed by atoms with Crippen LogP contribution in [0.4, 0.5) is 4.79 Å². The molecular formula is C13H22O7. The molecule has 0 saturated heterocycles. The molecule has 0 heterocycles. The van der Waals surface area contributed by atoms with Crippen LogP contribution in [0.15, 0.2) is 0 Å². The van der Waals surface area contributed by atoms with Crippen molar-refractivity contribution in [3.8, 4) is 0 Å². The molecule has 116 valence electrons. The Morgan fingerprint density at radius 1 is 0.700 bits per heavy atom. The van der Waals surface area contributed by atoms with Gasteiger partial charge >= 0.3 is 18.1 Å². The van der Waals surface area contributed by atoms with Gasteiger partial charge in [0.15, 0.2) is 13.2 Å². The summed E-state index contributed by atoms with van der Waals surface area (Å²) in [7, 11) is 0. The van der Waals surface area contributed by atoms with Crippen LogP contribution in [0.2, 0.25) is 0 Å². The van der Waals surface area contributed by atoms with Crippen LogP contribution in [0, 0.1) is 0 Å². The summed E-state index contributed by atoms with van der Waals surface area (Å²) in [5, 5.41) is 0. The molecule has 0 aromatic heterocycles. The van der Waals surface area contributed by atoms with Gasteiger partial charge < -0.3 is 18.9 Å². The molecule has 0 amide bonds. The lowest BCUT2D eigenvalue weighted by Crippen LogP contribution is -2.21. The van der Waals surface area contributed by atoms with Gasteiger partial charge in [0, 0.05) is 0 Å². The predicted octanol–water partition coefficient (Wildman–Crippen LogP) is 1.83. The van der Waals surface area contributed by atoms with E-state index in [-0.39, 0.29) is 13.2 Å². The summed E-state index contributed by atoms with van der Waals surface area (Å²) in [5.74, 6) is -1.30. The largest absolute Gasteiger partial charge is 0.509 e. The highest BCUT2D eigenvalue weighted by molar-refractivity contribution is 5.76. The minimum Gasteiger partial charge on any atom is -0.463 e. The normalized spacial score (nSPS) is 9.70. The Kier molecular flexibility index (Phi) is 11.2. The maximum absolute atomic E-state index is 11.1. The van der Waals surface area contributed by atoms with E-state index < -0.39 is 31.3 Å². The lowest BCUT2D eigenvalue weighted by molar-refractivity contribution is -0.149. The van der Waals surface area contributed by atoms with Gasteiger partial charge in [0.1, 0.15) is 0 Å².